The average molecular weight is 388 g/mol. The van der Waals surface area contributed by atoms with E-state index in [1.54, 1.807) is 30.1 Å². The van der Waals surface area contributed by atoms with Crippen LogP contribution in [-0.4, -0.2) is 49.0 Å². The standard InChI is InChI=1S/C21H29FN4O2/c1-15(2)19-18(12-25-26(19)17-6-4-16(22)5-7-17)20(27)24-13-21(14-28-3)8-10-23-11-9-21/h4-7,12,15,23H,8-11,13-14H2,1-3H3,(H,24,27). The Morgan fingerprint density at radius 2 is 2.00 bits per heavy atom. The predicted molar refractivity (Wildman–Crippen MR) is 106 cm³/mol. The molecule has 152 valence electrons. The maximum Gasteiger partial charge on any atom is 0.254 e. The summed E-state index contributed by atoms with van der Waals surface area (Å²) in [6.45, 7) is 7.10. The molecule has 0 unspecified atom stereocenters. The lowest BCUT2D eigenvalue weighted by Gasteiger charge is -2.37. The summed E-state index contributed by atoms with van der Waals surface area (Å²) < 4.78 is 20.4. The Morgan fingerprint density at radius 1 is 1.32 bits per heavy atom. The molecule has 0 aliphatic carbocycles. The summed E-state index contributed by atoms with van der Waals surface area (Å²) in [6.07, 6.45) is 3.53. The zero-order chi connectivity index (χ0) is 20.1. The number of benzene rings is 1. The topological polar surface area (TPSA) is 68.2 Å². The van der Waals surface area contributed by atoms with Crippen LogP contribution in [0, 0.1) is 11.2 Å². The van der Waals surface area contributed by atoms with E-state index in [4.69, 9.17) is 4.74 Å². The van der Waals surface area contributed by atoms with Gasteiger partial charge >= 0.3 is 0 Å². The van der Waals surface area contributed by atoms with Crippen molar-refractivity contribution in [1.82, 2.24) is 20.4 Å². The number of ether oxygens (including phenoxy) is 1. The minimum atomic E-state index is -0.301. The second kappa shape index (κ2) is 8.84. The van der Waals surface area contributed by atoms with Gasteiger partial charge in [-0.3, -0.25) is 4.79 Å². The van der Waals surface area contributed by atoms with Gasteiger partial charge in [0.25, 0.3) is 5.91 Å². The first-order valence-corrected chi connectivity index (χ1v) is 9.77. The van der Waals surface area contributed by atoms with E-state index in [1.807, 2.05) is 13.8 Å². The van der Waals surface area contributed by atoms with Crippen molar-refractivity contribution in [3.63, 3.8) is 0 Å². The molecule has 0 bridgehead atoms. The molecule has 28 heavy (non-hydrogen) atoms. The summed E-state index contributed by atoms with van der Waals surface area (Å²) in [4.78, 5) is 13.0. The number of aromatic nitrogens is 2. The van der Waals surface area contributed by atoms with Gasteiger partial charge in [0.1, 0.15) is 5.82 Å². The van der Waals surface area contributed by atoms with E-state index in [-0.39, 0.29) is 23.1 Å². The van der Waals surface area contributed by atoms with Gasteiger partial charge in [0.2, 0.25) is 0 Å². The van der Waals surface area contributed by atoms with E-state index >= 15 is 0 Å². The first-order chi connectivity index (χ1) is 13.5. The van der Waals surface area contributed by atoms with Gasteiger partial charge in [0.15, 0.2) is 0 Å². The molecule has 1 aromatic carbocycles. The van der Waals surface area contributed by atoms with E-state index in [9.17, 15) is 9.18 Å². The smallest absolute Gasteiger partial charge is 0.254 e. The van der Waals surface area contributed by atoms with Crippen LogP contribution < -0.4 is 10.6 Å². The van der Waals surface area contributed by atoms with Gasteiger partial charge < -0.3 is 15.4 Å². The summed E-state index contributed by atoms with van der Waals surface area (Å²) in [5.41, 5.74) is 2.06. The Hall–Kier alpha value is -2.25. The van der Waals surface area contributed by atoms with Crippen molar-refractivity contribution >= 4 is 5.91 Å². The Labute approximate surface area is 165 Å². The number of hydrogen-bond donors (Lipinski definition) is 2. The third-order valence-corrected chi connectivity index (χ3v) is 5.41. The molecule has 7 heteroatoms. The van der Waals surface area contributed by atoms with Gasteiger partial charge in [-0.05, 0) is 56.1 Å². The van der Waals surface area contributed by atoms with Crippen LogP contribution in [0.2, 0.25) is 0 Å². The number of carbonyl (C=O) groups excluding carboxylic acids is 1. The normalized spacial score (nSPS) is 16.3. The number of nitrogens with zero attached hydrogens (tertiary/aromatic N) is 2. The van der Waals surface area contributed by atoms with Crippen molar-refractivity contribution in [3.05, 3.63) is 47.5 Å². The maximum absolute atomic E-state index is 13.3. The quantitative estimate of drug-likeness (QED) is 0.765. The summed E-state index contributed by atoms with van der Waals surface area (Å²) in [6, 6.07) is 6.12. The first kappa shape index (κ1) is 20.5. The van der Waals surface area contributed by atoms with Crippen LogP contribution in [0.15, 0.2) is 30.5 Å². The lowest BCUT2D eigenvalue weighted by atomic mass is 9.79. The van der Waals surface area contributed by atoms with Gasteiger partial charge in [0.05, 0.1) is 29.7 Å². The van der Waals surface area contributed by atoms with E-state index in [1.165, 1.54) is 12.1 Å². The fraction of sp³-hybridized carbons (Fsp3) is 0.524. The van der Waals surface area contributed by atoms with E-state index in [2.05, 4.69) is 15.7 Å². The fourth-order valence-corrected chi connectivity index (χ4v) is 3.87. The van der Waals surface area contributed by atoms with Crippen molar-refractivity contribution in [3.8, 4) is 5.69 Å². The number of hydrogen-bond acceptors (Lipinski definition) is 4. The molecule has 1 amide bonds. The van der Waals surface area contributed by atoms with Crippen LogP contribution in [0.5, 0.6) is 0 Å². The van der Waals surface area contributed by atoms with E-state index < -0.39 is 0 Å². The zero-order valence-electron chi connectivity index (χ0n) is 16.8. The van der Waals surface area contributed by atoms with Crippen LogP contribution in [0.3, 0.4) is 0 Å². The average Bonchev–Trinajstić information content (AvgIpc) is 3.13. The molecule has 2 aromatic rings. The van der Waals surface area contributed by atoms with E-state index in [0.717, 1.165) is 37.3 Å². The number of rotatable bonds is 7. The van der Waals surface area contributed by atoms with Gasteiger partial charge in [0, 0.05) is 19.1 Å². The van der Waals surface area contributed by atoms with Gasteiger partial charge in [-0.15, -0.1) is 0 Å². The molecule has 6 nitrogen and oxygen atoms in total. The molecular formula is C21H29FN4O2. The Kier molecular flexibility index (Phi) is 6.46. The highest BCUT2D eigenvalue weighted by Crippen LogP contribution is 2.29. The molecule has 3 rings (SSSR count). The lowest BCUT2D eigenvalue weighted by molar-refractivity contribution is 0.0511. The summed E-state index contributed by atoms with van der Waals surface area (Å²) in [7, 11) is 1.70. The van der Waals surface area contributed by atoms with Gasteiger partial charge in [-0.1, -0.05) is 13.8 Å². The van der Waals surface area contributed by atoms with Crippen LogP contribution in [0.1, 0.15) is 48.7 Å². The number of amides is 1. The predicted octanol–water partition coefficient (Wildman–Crippen LogP) is 2.88. The van der Waals surface area contributed by atoms with Crippen LogP contribution in [-0.2, 0) is 4.74 Å². The second-order valence-corrected chi connectivity index (χ2v) is 7.85. The van der Waals surface area contributed by atoms with E-state index in [0.29, 0.717) is 18.7 Å². The molecule has 1 aliphatic rings. The SMILES string of the molecule is COCC1(CNC(=O)c2cnn(-c3ccc(F)cc3)c2C(C)C)CCNCC1. The summed E-state index contributed by atoms with van der Waals surface area (Å²) in [5.74, 6) is -0.350. The number of carbonyl (C=O) groups is 1. The van der Waals surface area contributed by atoms with Gasteiger partial charge in [-0.2, -0.15) is 5.10 Å². The van der Waals surface area contributed by atoms with Crippen molar-refractivity contribution in [2.24, 2.45) is 5.41 Å². The van der Waals surface area contributed by atoms with Crippen molar-refractivity contribution in [1.29, 1.82) is 0 Å². The highest BCUT2D eigenvalue weighted by atomic mass is 19.1. The third-order valence-electron chi connectivity index (χ3n) is 5.41. The molecule has 1 aromatic heterocycles. The third kappa shape index (κ3) is 4.42. The summed E-state index contributed by atoms with van der Waals surface area (Å²) >= 11 is 0. The Bertz CT molecular complexity index is 790. The minimum Gasteiger partial charge on any atom is -0.384 e. The van der Waals surface area contributed by atoms with Crippen LogP contribution in [0.25, 0.3) is 5.69 Å². The number of halogens is 1. The number of nitrogens with one attached hydrogen (secondary N) is 2. The fourth-order valence-electron chi connectivity index (χ4n) is 3.87. The Balaban J connectivity index is 1.80. The molecule has 2 heterocycles. The highest BCUT2D eigenvalue weighted by Gasteiger charge is 2.33. The largest absolute Gasteiger partial charge is 0.384 e. The Morgan fingerprint density at radius 3 is 2.61 bits per heavy atom. The molecule has 1 aliphatic heterocycles. The molecular weight excluding hydrogens is 359 g/mol. The molecule has 0 spiro atoms. The number of methoxy groups -OCH3 is 1. The molecule has 0 saturated carbocycles. The first-order valence-electron chi connectivity index (χ1n) is 9.77. The van der Waals surface area contributed by atoms with Crippen molar-refractivity contribution < 1.29 is 13.9 Å². The monoisotopic (exact) mass is 388 g/mol. The van der Waals surface area contributed by atoms with Crippen molar-refractivity contribution in [2.45, 2.75) is 32.6 Å². The van der Waals surface area contributed by atoms with Crippen LogP contribution in [0.4, 0.5) is 4.39 Å². The highest BCUT2D eigenvalue weighted by molar-refractivity contribution is 5.95. The molecule has 1 saturated heterocycles. The molecule has 0 radical (unpaired) electrons. The minimum absolute atomic E-state index is 0.0411. The second-order valence-electron chi connectivity index (χ2n) is 7.85. The van der Waals surface area contributed by atoms with Crippen LogP contribution >= 0.6 is 0 Å². The molecule has 2 N–H and O–H groups in total. The maximum atomic E-state index is 13.3. The van der Waals surface area contributed by atoms with Gasteiger partial charge in [-0.25, -0.2) is 9.07 Å². The lowest BCUT2D eigenvalue weighted by Crippen LogP contribution is -2.47. The molecule has 1 fully saturated rings. The summed E-state index contributed by atoms with van der Waals surface area (Å²) in [5, 5.41) is 10.9. The number of piperidine rings is 1. The zero-order valence-corrected chi connectivity index (χ0v) is 16.8. The van der Waals surface area contributed by atoms with Crippen molar-refractivity contribution in [2.75, 3.05) is 33.4 Å². The molecule has 0 atom stereocenters.